The van der Waals surface area contributed by atoms with Gasteiger partial charge >= 0.3 is 0 Å². The molecule has 0 saturated carbocycles. The fourth-order valence-electron chi connectivity index (χ4n) is 9.78. The molecule has 4 nitrogen and oxygen atoms in total. The molecule has 0 aliphatic rings. The number of aliphatic hydroxyl groups excluding tert-OH is 2. The zero-order chi connectivity index (χ0) is 49.9. The molecular weight excluding hydrogens is 843 g/mol. The van der Waals surface area contributed by atoms with Crippen LogP contribution in [0.4, 0.5) is 0 Å². The van der Waals surface area contributed by atoms with Crippen molar-refractivity contribution in [3.8, 4) is 0 Å². The third-order valence-corrected chi connectivity index (χ3v) is 14.6. The van der Waals surface area contributed by atoms with Crippen LogP contribution in [0.15, 0.2) is 48.6 Å². The second kappa shape index (κ2) is 60.7. The SMILES string of the molecule is CCCCCCC/C=C\C/C=C\C/C=C\CCCCCCCCCCCCCCCCCCCCCCC(=O)NC(CO)C(O)/C=C/CCCCCCCCCCCCCCCCCCCCCC. The Balaban J connectivity index is 3.44. The molecule has 0 aromatic carbocycles. The lowest BCUT2D eigenvalue weighted by Crippen LogP contribution is -2.45. The van der Waals surface area contributed by atoms with Crippen LogP contribution in [0.3, 0.4) is 0 Å². The van der Waals surface area contributed by atoms with Gasteiger partial charge in [0.15, 0.2) is 0 Å². The van der Waals surface area contributed by atoms with Gasteiger partial charge < -0.3 is 15.5 Å². The van der Waals surface area contributed by atoms with E-state index in [1.54, 1.807) is 6.08 Å². The number of carbonyl (C=O) groups excluding carboxylic acids is 1. The van der Waals surface area contributed by atoms with Crippen molar-refractivity contribution in [2.45, 2.75) is 353 Å². The average Bonchev–Trinajstić information content (AvgIpc) is 3.35. The number of aliphatic hydroxyl groups is 2. The summed E-state index contributed by atoms with van der Waals surface area (Å²) in [5.74, 6) is -0.0581. The maximum absolute atomic E-state index is 12.5. The van der Waals surface area contributed by atoms with Gasteiger partial charge in [0.25, 0.3) is 0 Å². The Morgan fingerprint density at radius 2 is 0.594 bits per heavy atom. The number of nitrogens with one attached hydrogen (secondary N) is 1. The van der Waals surface area contributed by atoms with E-state index in [-0.39, 0.29) is 12.5 Å². The van der Waals surface area contributed by atoms with Crippen LogP contribution in [0, 0.1) is 0 Å². The standard InChI is InChI=1S/C65H123NO3/c1-3-5-7-9-11-13-15-17-19-21-23-25-27-28-29-30-31-32-33-34-35-36-37-38-39-41-43-45-47-49-51-53-55-57-59-61-65(69)66-63(62-67)64(68)60-58-56-54-52-50-48-46-44-42-40-26-24-22-20-18-16-14-12-10-8-6-4-2/h15,17,21,23,27-28,58,60,63-64,67-68H,3-14,16,18-20,22,24-26,29-57,59,61-62H2,1-2H3,(H,66,69)/b17-15-,23-21-,28-27-,60-58+. The van der Waals surface area contributed by atoms with E-state index in [0.29, 0.717) is 6.42 Å². The molecule has 3 N–H and O–H groups in total. The molecule has 2 atom stereocenters. The number of allylic oxidation sites excluding steroid dienone is 7. The monoisotopic (exact) mass is 966 g/mol. The molecule has 69 heavy (non-hydrogen) atoms. The third-order valence-electron chi connectivity index (χ3n) is 14.6. The van der Waals surface area contributed by atoms with Crippen molar-refractivity contribution in [2.75, 3.05) is 6.61 Å². The largest absolute Gasteiger partial charge is 0.394 e. The molecule has 0 aromatic heterocycles. The Bertz CT molecular complexity index is 1090. The second-order valence-electron chi connectivity index (χ2n) is 21.5. The van der Waals surface area contributed by atoms with Crippen LogP contribution in [-0.4, -0.2) is 34.9 Å². The first-order chi connectivity index (χ1) is 34.2. The van der Waals surface area contributed by atoms with E-state index >= 15 is 0 Å². The molecule has 0 saturated heterocycles. The lowest BCUT2D eigenvalue weighted by Gasteiger charge is -2.20. The molecule has 2 unspecified atom stereocenters. The number of hydrogen-bond donors (Lipinski definition) is 3. The van der Waals surface area contributed by atoms with Gasteiger partial charge in [-0.1, -0.05) is 326 Å². The van der Waals surface area contributed by atoms with Gasteiger partial charge in [0.05, 0.1) is 18.8 Å². The molecular formula is C65H123NO3. The van der Waals surface area contributed by atoms with Crippen LogP contribution in [0.5, 0.6) is 0 Å². The summed E-state index contributed by atoms with van der Waals surface area (Å²) in [5, 5.41) is 23.2. The Hall–Kier alpha value is -1.65. The van der Waals surface area contributed by atoms with Gasteiger partial charge in [0.1, 0.15) is 0 Å². The van der Waals surface area contributed by atoms with Crippen LogP contribution in [-0.2, 0) is 4.79 Å². The molecule has 0 rings (SSSR count). The number of hydrogen-bond acceptors (Lipinski definition) is 3. The molecule has 0 aliphatic carbocycles. The van der Waals surface area contributed by atoms with Gasteiger partial charge in [0, 0.05) is 6.42 Å². The molecule has 0 heterocycles. The summed E-state index contributed by atoms with van der Waals surface area (Å²) in [7, 11) is 0. The molecule has 0 bridgehead atoms. The van der Waals surface area contributed by atoms with Gasteiger partial charge in [-0.05, 0) is 57.8 Å². The molecule has 0 spiro atoms. The fourth-order valence-corrected chi connectivity index (χ4v) is 9.78. The predicted molar refractivity (Wildman–Crippen MR) is 308 cm³/mol. The lowest BCUT2D eigenvalue weighted by atomic mass is 10.0. The third kappa shape index (κ3) is 57.1. The zero-order valence-corrected chi connectivity index (χ0v) is 46.8. The molecule has 4 heteroatoms. The summed E-state index contributed by atoms with van der Waals surface area (Å²) < 4.78 is 0. The number of amides is 1. The van der Waals surface area contributed by atoms with Gasteiger partial charge in [-0.3, -0.25) is 4.79 Å². The quantitative estimate of drug-likeness (QED) is 0.0420. The summed E-state index contributed by atoms with van der Waals surface area (Å²) in [4.78, 5) is 12.5. The molecule has 0 radical (unpaired) electrons. The minimum absolute atomic E-state index is 0.0581. The highest BCUT2D eigenvalue weighted by atomic mass is 16.3. The highest BCUT2D eigenvalue weighted by Crippen LogP contribution is 2.18. The summed E-state index contributed by atoms with van der Waals surface area (Å²) in [5.41, 5.74) is 0. The van der Waals surface area contributed by atoms with E-state index in [9.17, 15) is 15.0 Å². The van der Waals surface area contributed by atoms with Crippen LogP contribution >= 0.6 is 0 Å². The maximum atomic E-state index is 12.5. The summed E-state index contributed by atoms with van der Waals surface area (Å²) in [6.45, 7) is 4.33. The van der Waals surface area contributed by atoms with E-state index in [1.165, 1.54) is 283 Å². The minimum atomic E-state index is -0.839. The van der Waals surface area contributed by atoms with Gasteiger partial charge in [-0.15, -0.1) is 0 Å². The van der Waals surface area contributed by atoms with E-state index in [2.05, 4.69) is 55.6 Å². The molecule has 0 fully saturated rings. The summed E-state index contributed by atoms with van der Waals surface area (Å²) in [6.07, 6.45) is 84.4. The van der Waals surface area contributed by atoms with E-state index in [1.807, 2.05) is 6.08 Å². The van der Waals surface area contributed by atoms with Crippen molar-refractivity contribution in [3.63, 3.8) is 0 Å². The van der Waals surface area contributed by atoms with Crippen molar-refractivity contribution in [3.05, 3.63) is 48.6 Å². The second-order valence-corrected chi connectivity index (χ2v) is 21.5. The average molecular weight is 967 g/mol. The van der Waals surface area contributed by atoms with Crippen LogP contribution < -0.4 is 5.32 Å². The van der Waals surface area contributed by atoms with E-state index in [0.717, 1.165) is 38.5 Å². The molecule has 1 amide bonds. The van der Waals surface area contributed by atoms with Crippen LogP contribution in [0.25, 0.3) is 0 Å². The Morgan fingerprint density at radius 3 is 0.884 bits per heavy atom. The highest BCUT2D eigenvalue weighted by Gasteiger charge is 2.18. The van der Waals surface area contributed by atoms with Crippen LogP contribution in [0.2, 0.25) is 0 Å². The Labute approximate surface area is 433 Å². The Kier molecular flexibility index (Phi) is 59.2. The smallest absolute Gasteiger partial charge is 0.220 e. The van der Waals surface area contributed by atoms with Crippen molar-refractivity contribution in [1.82, 2.24) is 5.32 Å². The molecule has 406 valence electrons. The zero-order valence-electron chi connectivity index (χ0n) is 46.8. The van der Waals surface area contributed by atoms with E-state index in [4.69, 9.17) is 0 Å². The molecule has 0 aromatic rings. The van der Waals surface area contributed by atoms with Gasteiger partial charge in [0.2, 0.25) is 5.91 Å². The number of rotatable bonds is 58. The minimum Gasteiger partial charge on any atom is -0.394 e. The Morgan fingerprint density at radius 1 is 0.348 bits per heavy atom. The van der Waals surface area contributed by atoms with Gasteiger partial charge in [-0.2, -0.15) is 0 Å². The maximum Gasteiger partial charge on any atom is 0.220 e. The lowest BCUT2D eigenvalue weighted by molar-refractivity contribution is -0.123. The van der Waals surface area contributed by atoms with Crippen molar-refractivity contribution in [1.29, 1.82) is 0 Å². The normalized spacial score (nSPS) is 13.0. The summed E-state index contributed by atoms with van der Waals surface area (Å²) in [6, 6.07) is -0.622. The van der Waals surface area contributed by atoms with Gasteiger partial charge in [-0.25, -0.2) is 0 Å². The fraction of sp³-hybridized carbons (Fsp3) is 0.862. The first-order valence-electron chi connectivity index (χ1n) is 31.4. The predicted octanol–water partition coefficient (Wildman–Crippen LogP) is 21.0. The highest BCUT2D eigenvalue weighted by molar-refractivity contribution is 5.76. The number of carbonyl (C=O) groups is 1. The summed E-state index contributed by atoms with van der Waals surface area (Å²) >= 11 is 0. The topological polar surface area (TPSA) is 69.6 Å². The van der Waals surface area contributed by atoms with Crippen molar-refractivity contribution >= 4 is 5.91 Å². The molecule has 0 aliphatic heterocycles. The van der Waals surface area contributed by atoms with Crippen molar-refractivity contribution in [2.24, 2.45) is 0 Å². The van der Waals surface area contributed by atoms with Crippen LogP contribution in [0.1, 0.15) is 341 Å². The van der Waals surface area contributed by atoms with Crippen molar-refractivity contribution < 1.29 is 15.0 Å². The van der Waals surface area contributed by atoms with E-state index < -0.39 is 12.1 Å². The first kappa shape index (κ1) is 67.3. The first-order valence-corrected chi connectivity index (χ1v) is 31.4. The number of unbranched alkanes of at least 4 members (excludes halogenated alkanes) is 45.